The molecule has 2 N–H and O–H groups in total. The van der Waals surface area contributed by atoms with E-state index in [1.54, 1.807) is 12.8 Å². The van der Waals surface area contributed by atoms with E-state index in [1.165, 1.54) is 10.0 Å². The maximum Gasteiger partial charge on any atom is 0 e. The molecule has 20 heteroatoms. The summed E-state index contributed by atoms with van der Waals surface area (Å²) in [5.74, 6) is 0. The number of amides is 2. The summed E-state index contributed by atoms with van der Waals surface area (Å²) in [6.45, 7) is 17.0. The van der Waals surface area contributed by atoms with Gasteiger partial charge in [0.05, 0.1) is 10.7 Å². The first-order valence-corrected chi connectivity index (χ1v) is 15.5. The summed E-state index contributed by atoms with van der Waals surface area (Å²) in [7, 11) is 0. The zero-order valence-corrected chi connectivity index (χ0v) is 45.2. The number of hydrogen-bond acceptors (Lipinski definition) is 4. The molecule has 302 valence electrons. The molecule has 0 aliphatic rings. The third-order valence-electron chi connectivity index (χ3n) is 5.39. The van der Waals surface area contributed by atoms with Gasteiger partial charge < -0.3 is 105 Å². The van der Waals surface area contributed by atoms with Crippen LogP contribution in [0.1, 0.15) is 22.3 Å². The zero-order chi connectivity index (χ0) is 36.7. The molecular weight excluding hydrogens is 1590 g/mol. The van der Waals surface area contributed by atoms with E-state index in [1.807, 2.05) is 125 Å². The summed E-state index contributed by atoms with van der Waals surface area (Å²) >= 11 is 19.1. The smallest absolute Gasteiger partial charge is 0 e. The molecule has 4 aromatic rings. The minimum absolute atomic E-state index is 0. The maximum absolute atomic E-state index is 10.9. The summed E-state index contributed by atoms with van der Waals surface area (Å²) in [6.07, 6.45) is 3.60. The number of alkyl halides is 4. The van der Waals surface area contributed by atoms with Crippen molar-refractivity contribution in [3.8, 4) is 0 Å². The van der Waals surface area contributed by atoms with Crippen molar-refractivity contribution in [1.82, 2.24) is 0 Å². The molecule has 2 amide bonds. The molecule has 4 rings (SSSR count). The SMILES string of the molecule is Cc1ccc(N=[NH+]N([C-]=O)c2ccc(C)cc2)cc1.Cc1ccc(N=[NH+]N([C-]=O)c2ccc(C)cc2)cc1.ClCCl.ClCCl.[C-]#[O+].[C-]#[O+].[I-].[I-].[I-].[I-].[Ir].[Ir]. The summed E-state index contributed by atoms with van der Waals surface area (Å²) in [5, 5.41) is 16.4. The average molecular weight is 1620 g/mol. The Morgan fingerprint density at radius 3 is 0.870 bits per heavy atom. The molecule has 0 fully saturated rings. The second kappa shape index (κ2) is 49.0. The second-order valence-corrected chi connectivity index (χ2v) is 10.4. The molecule has 4 aromatic carbocycles. The largest absolute Gasteiger partial charge is 1.00 e. The van der Waals surface area contributed by atoms with Gasteiger partial charge in [0.2, 0.25) is 0 Å². The number of benzene rings is 4. The molecule has 0 bridgehead atoms. The third kappa shape index (κ3) is 35.1. The van der Waals surface area contributed by atoms with Gasteiger partial charge in [-0.3, -0.25) is 0 Å². The quantitative estimate of drug-likeness (QED) is 0.0348. The van der Waals surface area contributed by atoms with Crippen LogP contribution in [0.25, 0.3) is 0 Å². The minimum Gasteiger partial charge on any atom is -1.00 e. The molecule has 0 saturated carbocycles. The number of hydrazine groups is 2. The van der Waals surface area contributed by atoms with Gasteiger partial charge in [-0.15, -0.1) is 70.7 Å². The van der Waals surface area contributed by atoms with E-state index in [-0.39, 0.29) is 147 Å². The number of halogens is 8. The minimum atomic E-state index is 0. The van der Waals surface area contributed by atoms with E-state index >= 15 is 0 Å². The van der Waals surface area contributed by atoms with Crippen LogP contribution in [0, 0.1) is 41.0 Å². The number of anilines is 2. The van der Waals surface area contributed by atoms with E-state index in [0.717, 1.165) is 33.6 Å². The Hall–Kier alpha value is -0.121. The van der Waals surface area contributed by atoms with Gasteiger partial charge in [-0.2, -0.15) is 0 Å². The molecule has 0 atom stereocenters. The monoisotopic (exact) mass is 1620 g/mol. The Balaban J connectivity index is -0.0000000966. The second-order valence-electron chi connectivity index (χ2n) is 8.82. The number of aryl methyl sites for hydroxylation is 4. The Kier molecular flexibility index (Phi) is 65.0. The van der Waals surface area contributed by atoms with Gasteiger partial charge in [0.1, 0.15) is 24.2 Å². The van der Waals surface area contributed by atoms with E-state index in [2.05, 4.69) is 34.0 Å². The summed E-state index contributed by atoms with van der Waals surface area (Å²) in [5.41, 5.74) is 7.46. The molecule has 0 saturated heterocycles. The van der Waals surface area contributed by atoms with Crippen LogP contribution in [-0.4, -0.2) is 23.5 Å². The molecule has 0 spiro atoms. The molecule has 0 heterocycles. The van der Waals surface area contributed by atoms with Crippen molar-refractivity contribution in [2.45, 2.75) is 27.7 Å². The normalized spacial score (nSPS) is 8.22. The fourth-order valence-electron chi connectivity index (χ4n) is 3.10. The fraction of sp³-hybridized carbons (Fsp3) is 0.176. The van der Waals surface area contributed by atoms with Gasteiger partial charge in [-0.25, -0.2) is 10.0 Å². The molecule has 10 nitrogen and oxygen atoms in total. The molecular formula is C34H34Cl4I4Ir2N6O4-4. The number of nitrogens with zero attached hydrogens (tertiary/aromatic N) is 4. The zero-order valence-electron chi connectivity index (χ0n) is 28.8. The standard InChI is InChI=1S/2C15H14N3O.2CH2Cl2.2CO.4HI.2Ir/c2*1-12-3-7-14(8-4-12)16-17-18(11-19)15-9-5-13(2)6-10-15;2*2-1-3;2*1-2;;;;;;/h2*3-10H,1-2H3;2*1H2;;;4*1H;;/q2*-1;;;;;;;;;;/p-2. The number of nitrogens with one attached hydrogen (secondary N) is 2. The maximum atomic E-state index is 10.9. The van der Waals surface area contributed by atoms with E-state index < -0.39 is 0 Å². The van der Waals surface area contributed by atoms with Crippen LogP contribution >= 0.6 is 46.4 Å². The third-order valence-corrected chi connectivity index (χ3v) is 5.39. The van der Waals surface area contributed by atoms with Gasteiger partial charge in [0.15, 0.2) is 0 Å². The van der Waals surface area contributed by atoms with E-state index in [4.69, 9.17) is 55.7 Å². The van der Waals surface area contributed by atoms with Crippen LogP contribution in [0.3, 0.4) is 0 Å². The van der Waals surface area contributed by atoms with Crippen molar-refractivity contribution in [3.05, 3.63) is 133 Å². The predicted molar refractivity (Wildman–Crippen MR) is 188 cm³/mol. The summed E-state index contributed by atoms with van der Waals surface area (Å²) in [4.78, 5) is 21.9. The van der Waals surface area contributed by atoms with Gasteiger partial charge in [0.25, 0.3) is 0 Å². The van der Waals surface area contributed by atoms with Crippen LogP contribution in [-0.2, 0) is 59.1 Å². The van der Waals surface area contributed by atoms with Crippen molar-refractivity contribution in [2.75, 3.05) is 20.7 Å². The van der Waals surface area contributed by atoms with E-state index in [9.17, 15) is 9.59 Å². The molecule has 0 aliphatic heterocycles. The van der Waals surface area contributed by atoms with Gasteiger partial charge in [-0.05, 0) is 73.8 Å². The first kappa shape index (κ1) is 71.6. The Morgan fingerprint density at radius 2 is 0.685 bits per heavy atom. The molecule has 0 aliphatic carbocycles. The number of carbonyl (C=O) groups excluding carboxylic acids is 2. The number of hydrogen-bond donors (Lipinski definition) is 2. The topological polar surface area (TPSA) is 133 Å². The van der Waals surface area contributed by atoms with Gasteiger partial charge in [0, 0.05) is 50.4 Å². The predicted octanol–water partition coefficient (Wildman–Crippen LogP) is -5.31. The Labute approximate surface area is 432 Å². The van der Waals surface area contributed by atoms with Gasteiger partial charge in [-0.1, -0.05) is 70.8 Å². The molecule has 2 radical (unpaired) electrons. The molecule has 0 aromatic heterocycles. The Bertz CT molecular complexity index is 1430. The van der Waals surface area contributed by atoms with Crippen LogP contribution in [0.4, 0.5) is 22.7 Å². The summed E-state index contributed by atoms with van der Waals surface area (Å²) < 4.78 is 15.0. The molecule has 54 heavy (non-hydrogen) atoms. The molecule has 0 unspecified atom stereocenters. The first-order valence-electron chi connectivity index (χ1n) is 13.4. The van der Waals surface area contributed by atoms with Crippen molar-refractivity contribution >= 4 is 82.0 Å². The van der Waals surface area contributed by atoms with E-state index in [0.29, 0.717) is 11.4 Å². The van der Waals surface area contributed by atoms with Crippen molar-refractivity contribution in [3.63, 3.8) is 0 Å². The summed E-state index contributed by atoms with van der Waals surface area (Å²) in [6, 6.07) is 30.4. The van der Waals surface area contributed by atoms with Crippen LogP contribution in [0.5, 0.6) is 0 Å². The fourth-order valence-corrected chi connectivity index (χ4v) is 3.10. The number of rotatable bonds is 8. The van der Waals surface area contributed by atoms with Gasteiger partial charge >= 0.3 is 22.6 Å². The van der Waals surface area contributed by atoms with Crippen molar-refractivity contribution < 1.29 is 165 Å². The van der Waals surface area contributed by atoms with Crippen LogP contribution in [0.15, 0.2) is 107 Å². The van der Waals surface area contributed by atoms with Crippen molar-refractivity contribution in [2.24, 2.45) is 10.2 Å². The Morgan fingerprint density at radius 1 is 0.500 bits per heavy atom. The van der Waals surface area contributed by atoms with Crippen LogP contribution in [0.2, 0.25) is 0 Å². The van der Waals surface area contributed by atoms with Crippen molar-refractivity contribution in [1.29, 1.82) is 0 Å². The first-order chi connectivity index (χ1) is 23.2. The average Bonchev–Trinajstić information content (AvgIpc) is 3.11. The van der Waals surface area contributed by atoms with Crippen LogP contribution < -0.4 is 116 Å².